The van der Waals surface area contributed by atoms with Crippen LogP contribution in [0.2, 0.25) is 0 Å². The highest BCUT2D eigenvalue weighted by Crippen LogP contribution is 2.49. The SMILES string of the molecule is O=C(N[C@@H]1C2CNC[C@]21F)OCc1ccccc1. The van der Waals surface area contributed by atoms with E-state index >= 15 is 0 Å². The number of benzene rings is 1. The summed E-state index contributed by atoms with van der Waals surface area (Å²) in [5.74, 6) is -0.0956. The van der Waals surface area contributed by atoms with Crippen LogP contribution in [0.5, 0.6) is 0 Å². The molecule has 3 rings (SSSR count). The number of ether oxygens (including phenoxy) is 1. The van der Waals surface area contributed by atoms with Gasteiger partial charge in [-0.1, -0.05) is 30.3 Å². The van der Waals surface area contributed by atoms with Gasteiger partial charge < -0.3 is 15.4 Å². The predicted octanol–water partition coefficient (Wildman–Crippen LogP) is 1.22. The summed E-state index contributed by atoms with van der Waals surface area (Å²) in [4.78, 5) is 11.5. The van der Waals surface area contributed by atoms with Gasteiger partial charge in [0.05, 0.1) is 6.04 Å². The van der Waals surface area contributed by atoms with E-state index in [4.69, 9.17) is 4.74 Å². The zero-order valence-electron chi connectivity index (χ0n) is 9.86. The normalized spacial score (nSPS) is 32.7. The van der Waals surface area contributed by atoms with Gasteiger partial charge >= 0.3 is 6.09 Å². The van der Waals surface area contributed by atoms with Crippen LogP contribution in [-0.4, -0.2) is 30.9 Å². The van der Waals surface area contributed by atoms with Crippen LogP contribution in [0.4, 0.5) is 9.18 Å². The molecule has 1 aromatic carbocycles. The zero-order chi connectivity index (χ0) is 12.6. The highest BCUT2D eigenvalue weighted by molar-refractivity contribution is 5.69. The van der Waals surface area contributed by atoms with E-state index in [2.05, 4.69) is 10.6 Å². The van der Waals surface area contributed by atoms with Gasteiger partial charge in [-0.15, -0.1) is 0 Å². The van der Waals surface area contributed by atoms with Crippen molar-refractivity contribution in [2.45, 2.75) is 18.3 Å². The third-order valence-electron chi connectivity index (χ3n) is 3.67. The van der Waals surface area contributed by atoms with Gasteiger partial charge in [0, 0.05) is 19.0 Å². The fourth-order valence-electron chi connectivity index (χ4n) is 2.54. The number of alkyl halides is 1. The smallest absolute Gasteiger partial charge is 0.407 e. The quantitative estimate of drug-likeness (QED) is 0.848. The van der Waals surface area contributed by atoms with Crippen LogP contribution in [0.25, 0.3) is 0 Å². The lowest BCUT2D eigenvalue weighted by atomic mass is 10.2. The monoisotopic (exact) mass is 250 g/mol. The standard InChI is InChI=1S/C13H15FN2O2/c14-13-8-15-6-10(13)11(13)16-12(17)18-7-9-4-2-1-3-5-9/h1-5,10-11,15H,6-8H2,(H,16,17)/t10?,11-,13+/m1/s1. The van der Waals surface area contributed by atoms with Crippen molar-refractivity contribution in [3.8, 4) is 0 Å². The van der Waals surface area contributed by atoms with Crippen LogP contribution in [0.15, 0.2) is 30.3 Å². The summed E-state index contributed by atoms with van der Waals surface area (Å²) in [7, 11) is 0. The second kappa shape index (κ2) is 4.24. The Kier molecular flexibility index (Phi) is 2.70. The molecule has 0 aromatic heterocycles. The molecular weight excluding hydrogens is 235 g/mol. The van der Waals surface area contributed by atoms with E-state index in [1.807, 2.05) is 30.3 Å². The Bertz CT molecular complexity index is 454. The first-order valence-corrected chi connectivity index (χ1v) is 6.07. The van der Waals surface area contributed by atoms with Gasteiger partial charge in [0.15, 0.2) is 0 Å². The molecule has 1 saturated heterocycles. The second-order valence-corrected chi connectivity index (χ2v) is 4.85. The Hall–Kier alpha value is -1.62. The van der Waals surface area contributed by atoms with Gasteiger partial charge in [0.2, 0.25) is 0 Å². The maximum atomic E-state index is 13.9. The highest BCUT2D eigenvalue weighted by atomic mass is 19.1. The number of hydrogen-bond donors (Lipinski definition) is 2. The third-order valence-corrected chi connectivity index (χ3v) is 3.67. The molecule has 5 heteroatoms. The maximum Gasteiger partial charge on any atom is 0.407 e. The van der Waals surface area contributed by atoms with Crippen molar-refractivity contribution in [3.05, 3.63) is 35.9 Å². The average molecular weight is 250 g/mol. The van der Waals surface area contributed by atoms with E-state index in [0.29, 0.717) is 13.1 Å². The van der Waals surface area contributed by atoms with E-state index < -0.39 is 11.8 Å². The number of piperidine rings is 1. The predicted molar refractivity (Wildman–Crippen MR) is 63.7 cm³/mol. The number of hydrogen-bond acceptors (Lipinski definition) is 3. The lowest BCUT2D eigenvalue weighted by Gasteiger charge is -2.10. The molecule has 0 spiro atoms. The highest BCUT2D eigenvalue weighted by Gasteiger charge is 2.69. The number of nitrogens with one attached hydrogen (secondary N) is 2. The van der Waals surface area contributed by atoms with Gasteiger partial charge in [-0.2, -0.15) is 0 Å². The van der Waals surface area contributed by atoms with E-state index in [0.717, 1.165) is 5.56 Å². The number of halogens is 1. The second-order valence-electron chi connectivity index (χ2n) is 4.85. The lowest BCUT2D eigenvalue weighted by Crippen LogP contribution is -2.36. The van der Waals surface area contributed by atoms with Gasteiger partial charge in [-0.25, -0.2) is 9.18 Å². The molecule has 1 aromatic rings. The van der Waals surface area contributed by atoms with E-state index in [1.165, 1.54) is 0 Å². The first-order chi connectivity index (χ1) is 8.70. The number of carbonyl (C=O) groups is 1. The minimum absolute atomic E-state index is 0.0956. The van der Waals surface area contributed by atoms with Crippen molar-refractivity contribution in [2.24, 2.45) is 5.92 Å². The molecule has 1 amide bonds. The van der Waals surface area contributed by atoms with Crippen LogP contribution in [-0.2, 0) is 11.3 Å². The number of fused-ring (bicyclic) bond motifs is 1. The summed E-state index contributed by atoms with van der Waals surface area (Å²) in [5.41, 5.74) is -0.341. The number of carbonyl (C=O) groups excluding carboxylic acids is 1. The zero-order valence-corrected chi connectivity index (χ0v) is 9.86. The number of amides is 1. The molecule has 1 aliphatic heterocycles. The van der Waals surface area contributed by atoms with E-state index in [9.17, 15) is 9.18 Å². The summed E-state index contributed by atoms with van der Waals surface area (Å²) in [5, 5.41) is 5.55. The van der Waals surface area contributed by atoms with Crippen molar-refractivity contribution < 1.29 is 13.9 Å². The Morgan fingerprint density at radius 3 is 2.94 bits per heavy atom. The largest absolute Gasteiger partial charge is 0.445 e. The molecule has 2 aliphatic rings. The third kappa shape index (κ3) is 1.95. The number of rotatable bonds is 3. The summed E-state index contributed by atoms with van der Waals surface area (Å²) in [6.07, 6.45) is -0.546. The van der Waals surface area contributed by atoms with Crippen molar-refractivity contribution in [2.75, 3.05) is 13.1 Å². The van der Waals surface area contributed by atoms with Gasteiger partial charge in [-0.3, -0.25) is 0 Å². The molecule has 4 nitrogen and oxygen atoms in total. The molecule has 2 fully saturated rings. The molecule has 18 heavy (non-hydrogen) atoms. The van der Waals surface area contributed by atoms with Crippen LogP contribution in [0, 0.1) is 5.92 Å². The minimum Gasteiger partial charge on any atom is -0.445 e. The molecular formula is C13H15FN2O2. The van der Waals surface area contributed by atoms with Gasteiger partial charge in [0.25, 0.3) is 0 Å². The molecule has 3 atom stereocenters. The average Bonchev–Trinajstić information content (AvgIpc) is 2.73. The summed E-state index contributed by atoms with van der Waals surface area (Å²) < 4.78 is 19.0. The first kappa shape index (κ1) is 11.5. The Balaban J connectivity index is 1.46. The molecule has 1 saturated carbocycles. The minimum atomic E-state index is -1.26. The maximum absolute atomic E-state index is 13.9. The number of alkyl carbamates (subject to hydrolysis) is 1. The van der Waals surface area contributed by atoms with Crippen molar-refractivity contribution in [1.29, 1.82) is 0 Å². The Morgan fingerprint density at radius 1 is 1.50 bits per heavy atom. The fourth-order valence-corrected chi connectivity index (χ4v) is 2.54. The molecule has 1 unspecified atom stereocenters. The fraction of sp³-hybridized carbons (Fsp3) is 0.462. The van der Waals surface area contributed by atoms with Crippen LogP contribution in [0.1, 0.15) is 5.56 Å². The van der Waals surface area contributed by atoms with E-state index in [1.54, 1.807) is 0 Å². The lowest BCUT2D eigenvalue weighted by molar-refractivity contribution is 0.135. The van der Waals surface area contributed by atoms with Crippen LogP contribution < -0.4 is 10.6 Å². The van der Waals surface area contributed by atoms with Gasteiger partial charge in [-0.05, 0) is 5.56 Å². The summed E-state index contributed by atoms with van der Waals surface area (Å²) in [6, 6.07) is 9.02. The van der Waals surface area contributed by atoms with Crippen LogP contribution in [0.3, 0.4) is 0 Å². The van der Waals surface area contributed by atoms with Crippen molar-refractivity contribution >= 4 is 6.09 Å². The van der Waals surface area contributed by atoms with E-state index in [-0.39, 0.29) is 18.6 Å². The van der Waals surface area contributed by atoms with Gasteiger partial charge in [0.1, 0.15) is 12.3 Å². The topological polar surface area (TPSA) is 50.4 Å². The molecule has 1 aliphatic carbocycles. The molecule has 96 valence electrons. The molecule has 0 radical (unpaired) electrons. The summed E-state index contributed by atoms with van der Waals surface area (Å²) >= 11 is 0. The molecule has 1 heterocycles. The Morgan fingerprint density at radius 2 is 2.28 bits per heavy atom. The molecule has 2 N–H and O–H groups in total. The molecule has 0 bridgehead atoms. The Labute approximate surface area is 105 Å². The summed E-state index contributed by atoms with van der Waals surface area (Å²) in [6.45, 7) is 1.16. The van der Waals surface area contributed by atoms with Crippen LogP contribution >= 0.6 is 0 Å². The van der Waals surface area contributed by atoms with Crippen molar-refractivity contribution in [1.82, 2.24) is 10.6 Å². The van der Waals surface area contributed by atoms with Crippen molar-refractivity contribution in [3.63, 3.8) is 0 Å². The first-order valence-electron chi connectivity index (χ1n) is 6.07.